The first-order chi connectivity index (χ1) is 38.0. The summed E-state index contributed by atoms with van der Waals surface area (Å²) in [5.74, 6) is -2.28. The molecule has 8 rings (SSSR count). The van der Waals surface area contributed by atoms with Gasteiger partial charge < -0.3 is 58.4 Å². The molecule has 3 aromatic carbocycles. The minimum atomic E-state index is -1.33. The summed E-state index contributed by atoms with van der Waals surface area (Å²) in [6.07, 6.45) is 9.54. The molecule has 4 aliphatic rings. The van der Waals surface area contributed by atoms with Gasteiger partial charge in [0.25, 0.3) is 0 Å². The van der Waals surface area contributed by atoms with E-state index in [2.05, 4.69) is 57.3 Å². The highest BCUT2D eigenvalue weighted by molar-refractivity contribution is 5.96. The number of nitrogens with one attached hydrogen (secondary N) is 6. The normalized spacial score (nSPS) is 28.1. The van der Waals surface area contributed by atoms with E-state index in [0.29, 0.717) is 50.8 Å². The van der Waals surface area contributed by atoms with Crippen LogP contribution in [-0.4, -0.2) is 115 Å². The van der Waals surface area contributed by atoms with Gasteiger partial charge in [0.15, 0.2) is 0 Å². The van der Waals surface area contributed by atoms with Gasteiger partial charge >= 0.3 is 0 Å². The van der Waals surface area contributed by atoms with Gasteiger partial charge in [-0.3, -0.25) is 28.8 Å². The second kappa shape index (κ2) is 25.7. The van der Waals surface area contributed by atoms with Crippen molar-refractivity contribution in [3.8, 4) is 0 Å². The fourth-order valence-electron chi connectivity index (χ4n) is 14.6. The van der Waals surface area contributed by atoms with Crippen molar-refractivity contribution in [2.24, 2.45) is 57.8 Å². The Balaban J connectivity index is 0.868. The predicted molar refractivity (Wildman–Crippen MR) is 305 cm³/mol. The number of aliphatic hydroxyl groups is 3. The molecule has 4 fully saturated rings. The summed E-state index contributed by atoms with van der Waals surface area (Å²) < 4.78 is 0. The number of imidazole rings is 1. The van der Waals surface area contributed by atoms with Crippen LogP contribution >= 0.6 is 0 Å². The third-order valence-corrected chi connectivity index (χ3v) is 19.2. The monoisotopic (exact) mass is 1100 g/mol. The molecule has 0 saturated heterocycles. The van der Waals surface area contributed by atoms with E-state index >= 15 is 0 Å². The summed E-state index contributed by atoms with van der Waals surface area (Å²) in [4.78, 5) is 89.7. The highest BCUT2D eigenvalue weighted by atomic mass is 16.3. The number of aromatic amines is 1. The van der Waals surface area contributed by atoms with E-state index in [1.54, 1.807) is 12.1 Å². The standard InChI is InChI=1S/C62H87N9O9/c1-36(44-21-22-45-54-46(33-52(74)62(44,45)5)61(4)25-24-43(72)30-41(61)31-51(54)73)18-23-53(75)66-26-12-11-17-47(55(63)76)68-56(77)48(28-37-13-7-6-8-14-37)69-57(78)49(29-38-19-20-39-15-9-10-16-40(39)27-38)70-58(79)50(32-42-34-65-35-67-42)71-59(80)60(2,3)64/h6-10,13-16,19-20,27,34-36,41,43-52,54,72-74H,11-12,17-18,21-26,28-33,64H2,1-5H3,(H2,63,76)(H,65,67)(H,66,75)(H,68,77)(H,69,78)(H,70,79)(H,71,80)/t36-,41+,43-,44-,45?,46?,47+,48-,49-,50+,51-,52+,54?,61+,62-/m1/s1. The highest BCUT2D eigenvalue weighted by Crippen LogP contribution is 2.68. The molecular weight excluding hydrogens is 1010 g/mol. The van der Waals surface area contributed by atoms with Crippen LogP contribution in [0.5, 0.6) is 0 Å². The number of fused-ring (bicyclic) bond motifs is 6. The number of nitrogens with two attached hydrogens (primary N) is 2. The molecule has 15 atom stereocenters. The van der Waals surface area contributed by atoms with E-state index < -0.39 is 71.5 Å². The molecule has 4 saturated carbocycles. The number of hydrogen-bond donors (Lipinski definition) is 11. The molecule has 3 unspecified atom stereocenters. The van der Waals surface area contributed by atoms with Crippen LogP contribution in [0.2, 0.25) is 0 Å². The van der Waals surface area contributed by atoms with E-state index in [1.807, 2.05) is 60.7 Å². The number of H-pyrrole nitrogens is 1. The zero-order valence-electron chi connectivity index (χ0n) is 47.3. The minimum absolute atomic E-state index is 0.000884. The molecular formula is C62H87N9O9. The van der Waals surface area contributed by atoms with Gasteiger partial charge in [-0.25, -0.2) is 4.98 Å². The largest absolute Gasteiger partial charge is 0.393 e. The second-order valence-electron chi connectivity index (χ2n) is 25.1. The summed E-state index contributed by atoms with van der Waals surface area (Å²) in [5, 5.41) is 50.3. The van der Waals surface area contributed by atoms with Crippen molar-refractivity contribution in [2.45, 2.75) is 179 Å². The summed E-state index contributed by atoms with van der Waals surface area (Å²) in [6, 6.07) is 17.7. The Morgan fingerprint density at radius 2 is 1.39 bits per heavy atom. The maximum absolute atomic E-state index is 14.7. The van der Waals surface area contributed by atoms with Crippen molar-refractivity contribution in [2.75, 3.05) is 6.54 Å². The Morgan fingerprint density at radius 3 is 2.05 bits per heavy atom. The first-order valence-electron chi connectivity index (χ1n) is 29.1. The van der Waals surface area contributed by atoms with Crippen molar-refractivity contribution in [1.29, 1.82) is 0 Å². The number of aliphatic hydroxyl groups excluding tert-OH is 3. The van der Waals surface area contributed by atoms with E-state index in [0.717, 1.165) is 54.0 Å². The summed E-state index contributed by atoms with van der Waals surface area (Å²) in [5.41, 5.74) is 12.3. The molecule has 0 radical (unpaired) electrons. The first kappa shape index (κ1) is 59.9. The molecule has 18 heteroatoms. The Hall–Kier alpha value is -6.21. The average Bonchev–Trinajstić information content (AvgIpc) is 4.10. The number of unbranched alkanes of at least 4 members (excludes halogenated alkanes) is 1. The molecule has 0 spiro atoms. The van der Waals surface area contributed by atoms with Crippen LogP contribution in [0.4, 0.5) is 0 Å². The van der Waals surface area contributed by atoms with Gasteiger partial charge in [-0.1, -0.05) is 93.6 Å². The average molecular weight is 1100 g/mol. The Morgan fingerprint density at radius 1 is 0.738 bits per heavy atom. The van der Waals surface area contributed by atoms with Crippen molar-refractivity contribution in [1.82, 2.24) is 36.6 Å². The summed E-state index contributed by atoms with van der Waals surface area (Å²) in [7, 11) is 0. The number of primary amides is 1. The zero-order chi connectivity index (χ0) is 57.5. The molecule has 4 aliphatic carbocycles. The SMILES string of the molecule is C[C@H](CCC(=O)NCCCC[C@H](NC(=O)[C@@H](Cc1ccccc1)NC(=O)[C@@H](Cc1ccc2ccccc2c1)NC(=O)[C@H](Cc1cnc[nH]1)NC(=O)C(C)(C)N)C(N)=O)[C@H]1CCC2C3C(C[C@H](O)[C@@]21C)[C@@]1(C)CC[C@@H](O)C[C@H]1C[C@H]3O. The fraction of sp³-hybridized carbons (Fsp3) is 0.597. The van der Waals surface area contributed by atoms with Gasteiger partial charge in [0.05, 0.1) is 30.2 Å². The predicted octanol–water partition coefficient (Wildman–Crippen LogP) is 4.42. The lowest BCUT2D eigenvalue weighted by Crippen LogP contribution is -2.62. The highest BCUT2D eigenvalue weighted by Gasteiger charge is 2.65. The molecule has 18 nitrogen and oxygen atoms in total. The van der Waals surface area contributed by atoms with Crippen LogP contribution in [0, 0.1) is 46.3 Å². The van der Waals surface area contributed by atoms with Gasteiger partial charge in [0, 0.05) is 44.1 Å². The maximum atomic E-state index is 14.7. The maximum Gasteiger partial charge on any atom is 0.243 e. The number of nitrogens with zero attached hydrogens (tertiary/aromatic N) is 1. The molecule has 434 valence electrons. The molecule has 0 bridgehead atoms. The van der Waals surface area contributed by atoms with Crippen molar-refractivity contribution in [3.63, 3.8) is 0 Å². The van der Waals surface area contributed by atoms with Gasteiger partial charge in [0.2, 0.25) is 35.4 Å². The summed E-state index contributed by atoms with van der Waals surface area (Å²) >= 11 is 0. The quantitative estimate of drug-likeness (QED) is 0.0437. The van der Waals surface area contributed by atoms with Gasteiger partial charge in [0.1, 0.15) is 24.2 Å². The Kier molecular flexibility index (Phi) is 19.3. The molecule has 6 amide bonds. The van der Waals surface area contributed by atoms with Crippen LogP contribution in [-0.2, 0) is 48.0 Å². The van der Waals surface area contributed by atoms with Crippen LogP contribution in [0.25, 0.3) is 10.8 Å². The molecule has 4 aromatic rings. The number of hydrogen-bond acceptors (Lipinski definition) is 11. The van der Waals surface area contributed by atoms with Crippen molar-refractivity contribution >= 4 is 46.2 Å². The Bertz CT molecular complexity index is 2790. The van der Waals surface area contributed by atoms with Gasteiger partial charge in [-0.15, -0.1) is 0 Å². The number of carbonyl (C=O) groups is 6. The number of benzene rings is 3. The third-order valence-electron chi connectivity index (χ3n) is 19.2. The first-order valence-corrected chi connectivity index (χ1v) is 29.1. The van der Waals surface area contributed by atoms with Crippen LogP contribution in [0.15, 0.2) is 85.3 Å². The Labute approximate surface area is 470 Å². The van der Waals surface area contributed by atoms with E-state index in [1.165, 1.54) is 26.4 Å². The molecule has 1 aromatic heterocycles. The molecule has 1 heterocycles. The molecule has 13 N–H and O–H groups in total. The van der Waals surface area contributed by atoms with Crippen LogP contribution in [0.3, 0.4) is 0 Å². The number of rotatable bonds is 24. The van der Waals surface area contributed by atoms with E-state index in [4.69, 9.17) is 11.5 Å². The fourth-order valence-corrected chi connectivity index (χ4v) is 14.6. The third kappa shape index (κ3) is 13.9. The number of carbonyl (C=O) groups excluding carboxylic acids is 6. The second-order valence-corrected chi connectivity index (χ2v) is 25.1. The minimum Gasteiger partial charge on any atom is -0.393 e. The lowest BCUT2D eigenvalue weighted by atomic mass is 9.43. The topological polar surface area (TPSA) is 304 Å². The van der Waals surface area contributed by atoms with Crippen molar-refractivity contribution < 1.29 is 44.1 Å². The smallest absolute Gasteiger partial charge is 0.243 e. The number of amides is 6. The number of aromatic nitrogens is 2. The zero-order valence-corrected chi connectivity index (χ0v) is 47.3. The summed E-state index contributed by atoms with van der Waals surface area (Å²) in [6.45, 7) is 10.1. The van der Waals surface area contributed by atoms with E-state index in [9.17, 15) is 44.1 Å². The van der Waals surface area contributed by atoms with Crippen LogP contribution in [0.1, 0.15) is 128 Å². The lowest BCUT2D eigenvalue weighted by molar-refractivity contribution is -0.207. The van der Waals surface area contributed by atoms with Crippen molar-refractivity contribution in [3.05, 3.63) is 102 Å². The van der Waals surface area contributed by atoms with E-state index in [-0.39, 0.29) is 84.0 Å². The van der Waals surface area contributed by atoms with Crippen LogP contribution < -0.4 is 38.1 Å². The van der Waals surface area contributed by atoms with Gasteiger partial charge in [-0.2, -0.15) is 0 Å². The lowest BCUT2D eigenvalue weighted by Gasteiger charge is -2.63. The molecule has 80 heavy (non-hydrogen) atoms. The molecule has 0 aliphatic heterocycles. The van der Waals surface area contributed by atoms with Gasteiger partial charge in [-0.05, 0) is 153 Å².